The van der Waals surface area contributed by atoms with Gasteiger partial charge in [0.2, 0.25) is 0 Å². The fourth-order valence-electron chi connectivity index (χ4n) is 1.50. The highest BCUT2D eigenvalue weighted by Crippen LogP contribution is 2.24. The first-order valence-corrected chi connectivity index (χ1v) is 7.72. The van der Waals surface area contributed by atoms with E-state index in [0.29, 0.717) is 0 Å². The number of aromatic nitrogens is 2. The average Bonchev–Trinajstić information content (AvgIpc) is 2.34. The minimum Gasteiger partial charge on any atom is -0.459 e. The summed E-state index contributed by atoms with van der Waals surface area (Å²) < 4.78 is 5.28. The number of hydrogen-bond acceptors (Lipinski definition) is 6. The van der Waals surface area contributed by atoms with Crippen molar-refractivity contribution in [3.05, 3.63) is 11.9 Å². The van der Waals surface area contributed by atoms with E-state index >= 15 is 0 Å². The van der Waals surface area contributed by atoms with Crippen LogP contribution in [0.5, 0.6) is 0 Å². The molecular formula is C14H23N3O2S. The topological polar surface area (TPSA) is 64.1 Å². The number of esters is 1. The highest BCUT2D eigenvalue weighted by Gasteiger charge is 2.17. The lowest BCUT2D eigenvalue weighted by Gasteiger charge is -2.19. The molecular weight excluding hydrogens is 274 g/mol. The van der Waals surface area contributed by atoms with Crippen LogP contribution in [0, 0.1) is 6.92 Å². The normalized spacial score (nSPS) is 11.2. The quantitative estimate of drug-likeness (QED) is 0.494. The van der Waals surface area contributed by atoms with Gasteiger partial charge < -0.3 is 10.1 Å². The van der Waals surface area contributed by atoms with Crippen LogP contribution in [0.1, 0.15) is 39.7 Å². The number of nitrogens with zero attached hydrogens (tertiary/aromatic N) is 2. The Balaban J connectivity index is 2.62. The minimum absolute atomic E-state index is 0.233. The van der Waals surface area contributed by atoms with Crippen molar-refractivity contribution in [2.75, 3.05) is 17.6 Å². The van der Waals surface area contributed by atoms with Gasteiger partial charge in [0.15, 0.2) is 0 Å². The molecule has 0 bridgehead atoms. The number of ether oxygens (including phenoxy) is 1. The highest BCUT2D eigenvalue weighted by atomic mass is 32.2. The molecule has 20 heavy (non-hydrogen) atoms. The molecule has 1 N–H and O–H groups in total. The van der Waals surface area contributed by atoms with E-state index in [9.17, 15) is 4.79 Å². The summed E-state index contributed by atoms with van der Waals surface area (Å²) in [6.45, 7) is 10.5. The lowest BCUT2D eigenvalue weighted by atomic mass is 10.2. The molecule has 0 aliphatic carbocycles. The summed E-state index contributed by atoms with van der Waals surface area (Å²) in [5.74, 6) is 0.847. The molecule has 1 rings (SSSR count). The third kappa shape index (κ3) is 5.77. The Kier molecular flexibility index (Phi) is 6.26. The Bertz CT molecular complexity index is 458. The molecule has 0 saturated heterocycles. The molecule has 1 aromatic rings. The molecule has 1 aromatic heterocycles. The number of rotatable bonds is 6. The maximum absolute atomic E-state index is 11.7. The van der Waals surface area contributed by atoms with E-state index in [4.69, 9.17) is 4.74 Å². The van der Waals surface area contributed by atoms with Crippen molar-refractivity contribution >= 4 is 23.5 Å². The van der Waals surface area contributed by atoms with Crippen molar-refractivity contribution in [2.45, 2.75) is 51.7 Å². The van der Waals surface area contributed by atoms with Crippen LogP contribution in [-0.4, -0.2) is 33.8 Å². The molecule has 6 heteroatoms. The summed E-state index contributed by atoms with van der Waals surface area (Å²) >= 11 is 1.38. The van der Waals surface area contributed by atoms with Gasteiger partial charge in [-0.2, -0.15) is 0 Å². The predicted octanol–water partition coefficient (Wildman–Crippen LogP) is 3.04. The van der Waals surface area contributed by atoms with Crippen molar-refractivity contribution in [3.63, 3.8) is 0 Å². The van der Waals surface area contributed by atoms with Crippen LogP contribution in [0.4, 0.5) is 5.82 Å². The lowest BCUT2D eigenvalue weighted by Crippen LogP contribution is -2.25. The van der Waals surface area contributed by atoms with Gasteiger partial charge in [0.05, 0.1) is 5.75 Å². The first-order valence-electron chi connectivity index (χ1n) is 6.73. The fraction of sp³-hybridized carbons (Fsp3) is 0.643. The van der Waals surface area contributed by atoms with E-state index in [1.54, 1.807) is 0 Å². The third-order valence-electron chi connectivity index (χ3n) is 2.33. The van der Waals surface area contributed by atoms with Gasteiger partial charge in [-0.3, -0.25) is 4.79 Å². The molecule has 5 nitrogen and oxygen atoms in total. The molecule has 0 atom stereocenters. The number of thioether (sulfide) groups is 1. The number of carbonyl (C=O) groups excluding carboxylic acids is 1. The molecule has 1 heterocycles. The van der Waals surface area contributed by atoms with Gasteiger partial charge >= 0.3 is 5.97 Å². The van der Waals surface area contributed by atoms with Crippen molar-refractivity contribution in [2.24, 2.45) is 0 Å². The molecule has 0 radical (unpaired) electrons. The molecule has 112 valence electrons. The zero-order chi connectivity index (χ0) is 15.2. The number of nitrogens with one attached hydrogen (secondary N) is 1. The van der Waals surface area contributed by atoms with Crippen LogP contribution < -0.4 is 5.32 Å². The van der Waals surface area contributed by atoms with Crippen LogP contribution in [-0.2, 0) is 9.53 Å². The Hall–Kier alpha value is -1.30. The summed E-state index contributed by atoms with van der Waals surface area (Å²) in [6, 6.07) is 0. The van der Waals surface area contributed by atoms with Gasteiger partial charge in [0.1, 0.15) is 22.8 Å². The number of hydrogen-bond donors (Lipinski definition) is 1. The van der Waals surface area contributed by atoms with Crippen molar-refractivity contribution in [3.8, 4) is 0 Å². The maximum Gasteiger partial charge on any atom is 0.316 e. The summed E-state index contributed by atoms with van der Waals surface area (Å²) in [5, 5.41) is 4.06. The summed E-state index contributed by atoms with van der Waals surface area (Å²) in [7, 11) is 0. The monoisotopic (exact) mass is 297 g/mol. The largest absolute Gasteiger partial charge is 0.459 e. The van der Waals surface area contributed by atoms with E-state index in [1.165, 1.54) is 18.1 Å². The first kappa shape index (κ1) is 16.8. The van der Waals surface area contributed by atoms with Crippen LogP contribution in [0.3, 0.4) is 0 Å². The molecule has 0 aliphatic rings. The van der Waals surface area contributed by atoms with Gasteiger partial charge in [0.25, 0.3) is 0 Å². The van der Waals surface area contributed by atoms with Gasteiger partial charge in [-0.15, -0.1) is 0 Å². The van der Waals surface area contributed by atoms with Gasteiger partial charge in [0, 0.05) is 12.1 Å². The maximum atomic E-state index is 11.7. The van der Waals surface area contributed by atoms with E-state index < -0.39 is 5.60 Å². The second kappa shape index (κ2) is 7.47. The molecule has 0 unspecified atom stereocenters. The minimum atomic E-state index is -0.452. The van der Waals surface area contributed by atoms with Crippen LogP contribution in [0.2, 0.25) is 0 Å². The van der Waals surface area contributed by atoms with E-state index in [2.05, 4.69) is 22.2 Å². The Morgan fingerprint density at radius 2 is 2.10 bits per heavy atom. The molecule has 0 amide bonds. The summed E-state index contributed by atoms with van der Waals surface area (Å²) in [4.78, 5) is 20.1. The van der Waals surface area contributed by atoms with Crippen molar-refractivity contribution in [1.82, 2.24) is 9.97 Å². The zero-order valence-electron chi connectivity index (χ0n) is 12.8. The average molecular weight is 297 g/mol. The Morgan fingerprint density at radius 1 is 1.40 bits per heavy atom. The standard InChI is InChI=1S/C14H23N3O2S/c1-6-7-15-12-10(2)13(17-9-16-12)20-8-11(18)19-14(3,4)5/h9H,6-8H2,1-5H3,(H,15,16,17). The van der Waals surface area contributed by atoms with Crippen molar-refractivity contribution < 1.29 is 9.53 Å². The SMILES string of the molecule is CCCNc1ncnc(SCC(=O)OC(C)(C)C)c1C. The van der Waals surface area contributed by atoms with E-state index in [0.717, 1.165) is 29.4 Å². The third-order valence-corrected chi connectivity index (χ3v) is 3.39. The second-order valence-corrected chi connectivity index (χ2v) is 6.42. The van der Waals surface area contributed by atoms with E-state index in [1.807, 2.05) is 27.7 Å². The fourth-order valence-corrected chi connectivity index (χ4v) is 2.25. The summed E-state index contributed by atoms with van der Waals surface area (Å²) in [5.41, 5.74) is 0.515. The zero-order valence-corrected chi connectivity index (χ0v) is 13.6. The predicted molar refractivity (Wildman–Crippen MR) is 82.1 cm³/mol. The molecule has 0 aromatic carbocycles. The van der Waals surface area contributed by atoms with Gasteiger partial charge in [-0.05, 0) is 34.1 Å². The molecule has 0 saturated carbocycles. The smallest absolute Gasteiger partial charge is 0.316 e. The van der Waals surface area contributed by atoms with Gasteiger partial charge in [-0.1, -0.05) is 18.7 Å². The number of anilines is 1. The summed E-state index contributed by atoms with van der Waals surface area (Å²) in [6.07, 6.45) is 2.55. The lowest BCUT2D eigenvalue weighted by molar-refractivity contribution is -0.151. The molecule has 0 aliphatic heterocycles. The Morgan fingerprint density at radius 3 is 2.70 bits per heavy atom. The van der Waals surface area contributed by atoms with Crippen LogP contribution in [0.15, 0.2) is 11.4 Å². The van der Waals surface area contributed by atoms with Crippen LogP contribution in [0.25, 0.3) is 0 Å². The highest BCUT2D eigenvalue weighted by molar-refractivity contribution is 7.99. The van der Waals surface area contributed by atoms with Crippen LogP contribution >= 0.6 is 11.8 Å². The molecule has 0 fully saturated rings. The molecule has 0 spiro atoms. The van der Waals surface area contributed by atoms with Crippen molar-refractivity contribution in [1.29, 1.82) is 0 Å². The number of carbonyl (C=O) groups is 1. The Labute approximate surface area is 124 Å². The first-order chi connectivity index (χ1) is 9.33. The van der Waals surface area contributed by atoms with E-state index in [-0.39, 0.29) is 11.7 Å². The second-order valence-electron chi connectivity index (χ2n) is 5.45. The van der Waals surface area contributed by atoms with Gasteiger partial charge in [-0.25, -0.2) is 9.97 Å².